The number of benzene rings is 2. The summed E-state index contributed by atoms with van der Waals surface area (Å²) in [7, 11) is 0. The highest BCUT2D eigenvalue weighted by Gasteiger charge is 2.30. The number of aryl methyl sites for hydroxylation is 1. The second-order valence-corrected chi connectivity index (χ2v) is 8.44. The number of pyridine rings is 1. The molecule has 0 saturated carbocycles. The standard InChI is InChI=1S/C24H24F3N3O3/c1-3-13-10-29(7-6-19(13)28)22-12(2)21-15(9-18(22)27)23(31)16(24(32)33)11-30(21)20-5-4-14(25)8-17(20)26/h4-5,8-9,11,13,19H,3,6-7,10,28H2,1-2H3,(H,32,33). The van der Waals surface area contributed by atoms with E-state index in [-0.39, 0.29) is 34.2 Å². The molecular formula is C24H24F3N3O3. The molecule has 3 aromatic rings. The Morgan fingerprint density at radius 1 is 1.21 bits per heavy atom. The molecule has 3 N–H and O–H groups in total. The molecule has 33 heavy (non-hydrogen) atoms. The molecule has 1 fully saturated rings. The summed E-state index contributed by atoms with van der Waals surface area (Å²) in [6, 6.07) is 3.84. The molecule has 2 atom stereocenters. The van der Waals surface area contributed by atoms with E-state index in [0.29, 0.717) is 31.1 Å². The lowest BCUT2D eigenvalue weighted by Gasteiger charge is -2.39. The number of hydrogen-bond donors (Lipinski definition) is 2. The molecule has 1 saturated heterocycles. The first-order chi connectivity index (χ1) is 15.6. The zero-order chi connectivity index (χ0) is 24.0. The summed E-state index contributed by atoms with van der Waals surface area (Å²) >= 11 is 0. The van der Waals surface area contributed by atoms with Gasteiger partial charge < -0.3 is 20.3 Å². The fourth-order valence-electron chi connectivity index (χ4n) is 4.73. The quantitative estimate of drug-likeness (QED) is 0.616. The van der Waals surface area contributed by atoms with Crippen LogP contribution in [0.15, 0.2) is 35.3 Å². The minimum absolute atomic E-state index is 0.000287. The van der Waals surface area contributed by atoms with Crippen LogP contribution in [0.2, 0.25) is 0 Å². The Kier molecular flexibility index (Phi) is 5.92. The number of fused-ring (bicyclic) bond motifs is 1. The SMILES string of the molecule is CCC1CN(c2c(F)cc3c(=O)c(C(=O)O)cn(-c4ccc(F)cc4F)c3c2C)CCC1N. The molecule has 0 spiro atoms. The molecule has 0 radical (unpaired) electrons. The molecule has 9 heteroatoms. The molecule has 0 bridgehead atoms. The Balaban J connectivity index is 2.04. The van der Waals surface area contributed by atoms with Gasteiger partial charge in [-0.1, -0.05) is 13.3 Å². The van der Waals surface area contributed by atoms with Crippen LogP contribution in [0.5, 0.6) is 0 Å². The van der Waals surface area contributed by atoms with Crippen LogP contribution in [-0.2, 0) is 0 Å². The molecule has 1 aliphatic rings. The topological polar surface area (TPSA) is 88.6 Å². The highest BCUT2D eigenvalue weighted by molar-refractivity contribution is 5.96. The summed E-state index contributed by atoms with van der Waals surface area (Å²) < 4.78 is 44.8. The average Bonchev–Trinajstić information content (AvgIpc) is 2.75. The summed E-state index contributed by atoms with van der Waals surface area (Å²) in [5, 5.41) is 9.31. The van der Waals surface area contributed by atoms with E-state index >= 15 is 4.39 Å². The fraction of sp³-hybridized carbons (Fsp3) is 0.333. The molecule has 2 heterocycles. The van der Waals surface area contributed by atoms with Gasteiger partial charge >= 0.3 is 5.97 Å². The zero-order valence-corrected chi connectivity index (χ0v) is 18.2. The van der Waals surface area contributed by atoms with Gasteiger partial charge in [-0.3, -0.25) is 4.79 Å². The second kappa shape index (κ2) is 8.55. The first-order valence-corrected chi connectivity index (χ1v) is 10.7. The van der Waals surface area contributed by atoms with Gasteiger partial charge in [0.05, 0.1) is 22.3 Å². The van der Waals surface area contributed by atoms with Crippen molar-refractivity contribution in [2.75, 3.05) is 18.0 Å². The van der Waals surface area contributed by atoms with Gasteiger partial charge in [0.2, 0.25) is 5.43 Å². The van der Waals surface area contributed by atoms with Crippen LogP contribution in [0.4, 0.5) is 18.9 Å². The number of carboxylic acids is 1. The lowest BCUT2D eigenvalue weighted by Crippen LogP contribution is -2.47. The van der Waals surface area contributed by atoms with Crippen molar-refractivity contribution in [2.45, 2.75) is 32.7 Å². The molecule has 2 unspecified atom stereocenters. The summed E-state index contributed by atoms with van der Waals surface area (Å²) in [4.78, 5) is 26.4. The summed E-state index contributed by atoms with van der Waals surface area (Å²) in [5.41, 5.74) is 5.29. The molecule has 2 aromatic carbocycles. The van der Waals surface area contributed by atoms with E-state index in [1.807, 2.05) is 11.8 Å². The van der Waals surface area contributed by atoms with Crippen LogP contribution in [0.25, 0.3) is 16.6 Å². The van der Waals surface area contributed by atoms with E-state index in [0.717, 1.165) is 30.8 Å². The molecule has 0 aliphatic carbocycles. The molecule has 4 rings (SSSR count). The van der Waals surface area contributed by atoms with Gasteiger partial charge in [0.25, 0.3) is 0 Å². The Morgan fingerprint density at radius 3 is 2.58 bits per heavy atom. The molecule has 1 aliphatic heterocycles. The predicted molar refractivity (Wildman–Crippen MR) is 120 cm³/mol. The Bertz CT molecular complexity index is 1320. The average molecular weight is 459 g/mol. The van der Waals surface area contributed by atoms with Crippen LogP contribution in [-0.4, -0.2) is 34.8 Å². The number of carbonyl (C=O) groups is 1. The number of aromatic carboxylic acids is 1. The number of carboxylic acid groups (broad SMARTS) is 1. The van der Waals surface area contributed by atoms with E-state index in [1.54, 1.807) is 6.92 Å². The number of rotatable bonds is 4. The van der Waals surface area contributed by atoms with Crippen molar-refractivity contribution in [1.82, 2.24) is 4.57 Å². The van der Waals surface area contributed by atoms with Gasteiger partial charge in [0.15, 0.2) is 0 Å². The number of nitrogens with zero attached hydrogens (tertiary/aromatic N) is 2. The minimum Gasteiger partial charge on any atom is -0.477 e. The maximum atomic E-state index is 15.4. The first-order valence-electron chi connectivity index (χ1n) is 10.7. The van der Waals surface area contributed by atoms with E-state index in [9.17, 15) is 23.5 Å². The van der Waals surface area contributed by atoms with Gasteiger partial charge in [-0.2, -0.15) is 0 Å². The monoisotopic (exact) mass is 459 g/mol. The van der Waals surface area contributed by atoms with Gasteiger partial charge in [0.1, 0.15) is 23.0 Å². The summed E-state index contributed by atoms with van der Waals surface area (Å²) in [6.45, 7) is 4.64. The van der Waals surface area contributed by atoms with E-state index in [4.69, 9.17) is 5.73 Å². The number of hydrogen-bond acceptors (Lipinski definition) is 4. The first kappa shape index (κ1) is 22.8. The third-order valence-corrected chi connectivity index (χ3v) is 6.48. The van der Waals surface area contributed by atoms with Crippen molar-refractivity contribution < 1.29 is 23.1 Å². The maximum absolute atomic E-state index is 15.4. The third-order valence-electron chi connectivity index (χ3n) is 6.48. The van der Waals surface area contributed by atoms with Crippen molar-refractivity contribution >= 4 is 22.6 Å². The lowest BCUT2D eigenvalue weighted by molar-refractivity contribution is 0.0695. The van der Waals surface area contributed by atoms with Crippen LogP contribution in [0.3, 0.4) is 0 Å². The Morgan fingerprint density at radius 2 is 1.94 bits per heavy atom. The number of anilines is 1. The van der Waals surface area contributed by atoms with Crippen molar-refractivity contribution in [3.63, 3.8) is 0 Å². The molecular weight excluding hydrogens is 435 g/mol. The van der Waals surface area contributed by atoms with Crippen molar-refractivity contribution in [2.24, 2.45) is 11.7 Å². The smallest absolute Gasteiger partial charge is 0.341 e. The maximum Gasteiger partial charge on any atom is 0.341 e. The van der Waals surface area contributed by atoms with Gasteiger partial charge in [-0.05, 0) is 37.5 Å². The highest BCUT2D eigenvalue weighted by atomic mass is 19.1. The predicted octanol–water partition coefficient (Wildman–Crippen LogP) is 3.98. The second-order valence-electron chi connectivity index (χ2n) is 8.44. The van der Waals surface area contributed by atoms with Crippen molar-refractivity contribution in [3.05, 3.63) is 69.3 Å². The number of piperidine rings is 1. The summed E-state index contributed by atoms with van der Waals surface area (Å²) in [5.74, 6) is -3.80. The Labute approximate surface area is 188 Å². The largest absolute Gasteiger partial charge is 0.477 e. The molecule has 174 valence electrons. The van der Waals surface area contributed by atoms with E-state index < -0.39 is 34.4 Å². The van der Waals surface area contributed by atoms with Gasteiger partial charge in [-0.15, -0.1) is 0 Å². The number of nitrogens with two attached hydrogens (primary N) is 1. The van der Waals surface area contributed by atoms with Crippen LogP contribution < -0.4 is 16.1 Å². The van der Waals surface area contributed by atoms with Gasteiger partial charge in [-0.25, -0.2) is 18.0 Å². The molecule has 6 nitrogen and oxygen atoms in total. The van der Waals surface area contributed by atoms with Crippen molar-refractivity contribution in [3.8, 4) is 5.69 Å². The fourth-order valence-corrected chi connectivity index (χ4v) is 4.73. The zero-order valence-electron chi connectivity index (χ0n) is 18.2. The normalized spacial score (nSPS) is 18.7. The molecule has 1 aromatic heterocycles. The number of aromatic nitrogens is 1. The van der Waals surface area contributed by atoms with Gasteiger partial charge in [0, 0.05) is 37.0 Å². The number of halogens is 3. The molecule has 0 amide bonds. The van der Waals surface area contributed by atoms with Crippen molar-refractivity contribution in [1.29, 1.82) is 0 Å². The third kappa shape index (κ3) is 3.86. The lowest BCUT2D eigenvalue weighted by atomic mass is 9.90. The minimum atomic E-state index is -1.53. The van der Waals surface area contributed by atoms with E-state index in [1.165, 1.54) is 4.57 Å². The highest BCUT2D eigenvalue weighted by Crippen LogP contribution is 2.35. The van der Waals surface area contributed by atoms with Crippen LogP contribution in [0, 0.1) is 30.3 Å². The van der Waals surface area contributed by atoms with Crippen LogP contribution in [0.1, 0.15) is 35.7 Å². The van der Waals surface area contributed by atoms with E-state index in [2.05, 4.69) is 0 Å². The summed E-state index contributed by atoms with van der Waals surface area (Å²) in [6.07, 6.45) is 2.48. The Hall–Kier alpha value is -3.33. The van der Waals surface area contributed by atoms with Crippen LogP contribution >= 0.6 is 0 Å².